The van der Waals surface area contributed by atoms with Gasteiger partial charge < -0.3 is 14.8 Å². The Kier molecular flexibility index (Phi) is 6.08. The van der Waals surface area contributed by atoms with Gasteiger partial charge in [-0.1, -0.05) is 11.6 Å². The SMILES string of the molecule is CCOc1ncccc1C(=O)OCC(=O)Nc1ccc(F)cc1Cl. The molecule has 0 radical (unpaired) electrons. The van der Waals surface area contributed by atoms with Gasteiger partial charge in [0.1, 0.15) is 11.4 Å². The zero-order chi connectivity index (χ0) is 17.5. The number of amides is 1. The first-order valence-electron chi connectivity index (χ1n) is 7.01. The molecule has 0 aliphatic heterocycles. The maximum Gasteiger partial charge on any atom is 0.344 e. The van der Waals surface area contributed by atoms with E-state index in [1.807, 2.05) is 0 Å². The fraction of sp³-hybridized carbons (Fsp3) is 0.188. The van der Waals surface area contributed by atoms with Crippen molar-refractivity contribution in [2.24, 2.45) is 0 Å². The van der Waals surface area contributed by atoms with Crippen molar-refractivity contribution < 1.29 is 23.5 Å². The smallest absolute Gasteiger partial charge is 0.344 e. The molecule has 0 bridgehead atoms. The fourth-order valence-electron chi connectivity index (χ4n) is 1.78. The molecule has 1 N–H and O–H groups in total. The third kappa shape index (κ3) is 4.66. The Labute approximate surface area is 142 Å². The summed E-state index contributed by atoms with van der Waals surface area (Å²) in [6, 6.07) is 6.56. The topological polar surface area (TPSA) is 77.5 Å². The molecule has 1 amide bonds. The average molecular weight is 353 g/mol. The number of rotatable bonds is 6. The average Bonchev–Trinajstić information content (AvgIpc) is 2.56. The van der Waals surface area contributed by atoms with Crippen LogP contribution in [0.15, 0.2) is 36.5 Å². The van der Waals surface area contributed by atoms with Crippen molar-refractivity contribution in [2.45, 2.75) is 6.92 Å². The summed E-state index contributed by atoms with van der Waals surface area (Å²) in [4.78, 5) is 27.7. The lowest BCUT2D eigenvalue weighted by atomic mass is 10.3. The van der Waals surface area contributed by atoms with Crippen LogP contribution >= 0.6 is 11.6 Å². The molecule has 0 saturated heterocycles. The molecule has 24 heavy (non-hydrogen) atoms. The lowest BCUT2D eigenvalue weighted by Gasteiger charge is -2.10. The maximum atomic E-state index is 12.9. The van der Waals surface area contributed by atoms with E-state index in [9.17, 15) is 14.0 Å². The first-order chi connectivity index (χ1) is 11.5. The summed E-state index contributed by atoms with van der Waals surface area (Å²) < 4.78 is 23.1. The van der Waals surface area contributed by atoms with Crippen LogP contribution in [0.4, 0.5) is 10.1 Å². The second-order valence-corrected chi connectivity index (χ2v) is 4.94. The molecule has 2 aromatic rings. The molecule has 0 unspecified atom stereocenters. The van der Waals surface area contributed by atoms with Crippen molar-refractivity contribution in [3.05, 3.63) is 52.9 Å². The molecule has 1 aromatic carbocycles. The summed E-state index contributed by atoms with van der Waals surface area (Å²) in [6.45, 7) is 1.55. The summed E-state index contributed by atoms with van der Waals surface area (Å²) in [5, 5.41) is 2.46. The predicted octanol–water partition coefficient (Wildman–Crippen LogP) is 3.07. The number of benzene rings is 1. The van der Waals surface area contributed by atoms with Gasteiger partial charge in [0.25, 0.3) is 5.91 Å². The first-order valence-corrected chi connectivity index (χ1v) is 7.39. The fourth-order valence-corrected chi connectivity index (χ4v) is 2.00. The molecule has 0 fully saturated rings. The van der Waals surface area contributed by atoms with E-state index in [4.69, 9.17) is 21.1 Å². The summed E-state index contributed by atoms with van der Waals surface area (Å²) in [6.07, 6.45) is 1.48. The minimum absolute atomic E-state index is 0.0422. The third-order valence-corrected chi connectivity index (χ3v) is 3.12. The minimum atomic E-state index is -0.744. The monoisotopic (exact) mass is 352 g/mol. The van der Waals surface area contributed by atoms with Crippen LogP contribution in [-0.2, 0) is 9.53 Å². The molecule has 126 valence electrons. The summed E-state index contributed by atoms with van der Waals surface area (Å²) in [7, 11) is 0. The van der Waals surface area contributed by atoms with Crippen LogP contribution in [0.1, 0.15) is 17.3 Å². The Hall–Kier alpha value is -2.67. The van der Waals surface area contributed by atoms with E-state index in [0.29, 0.717) is 6.61 Å². The van der Waals surface area contributed by atoms with E-state index in [1.165, 1.54) is 18.3 Å². The highest BCUT2D eigenvalue weighted by atomic mass is 35.5. The van der Waals surface area contributed by atoms with Crippen LogP contribution in [0.3, 0.4) is 0 Å². The largest absolute Gasteiger partial charge is 0.477 e. The zero-order valence-corrected chi connectivity index (χ0v) is 13.5. The number of aromatic nitrogens is 1. The molecular weight excluding hydrogens is 339 g/mol. The van der Waals surface area contributed by atoms with Gasteiger partial charge in [0, 0.05) is 6.20 Å². The van der Waals surface area contributed by atoms with Gasteiger partial charge in [-0.3, -0.25) is 4.79 Å². The van der Waals surface area contributed by atoms with Crippen molar-refractivity contribution in [1.82, 2.24) is 4.98 Å². The van der Waals surface area contributed by atoms with Gasteiger partial charge in [0.15, 0.2) is 6.61 Å². The molecule has 0 aliphatic carbocycles. The van der Waals surface area contributed by atoms with Gasteiger partial charge >= 0.3 is 5.97 Å². The molecule has 2 rings (SSSR count). The van der Waals surface area contributed by atoms with E-state index in [2.05, 4.69) is 10.3 Å². The Morgan fingerprint density at radius 2 is 2.12 bits per heavy atom. The van der Waals surface area contributed by atoms with E-state index >= 15 is 0 Å². The normalized spacial score (nSPS) is 10.1. The molecule has 0 aliphatic rings. The molecule has 8 heteroatoms. The summed E-state index contributed by atoms with van der Waals surface area (Å²) in [5.74, 6) is -1.75. The van der Waals surface area contributed by atoms with Crippen molar-refractivity contribution in [1.29, 1.82) is 0 Å². The molecule has 1 aromatic heterocycles. The van der Waals surface area contributed by atoms with E-state index in [-0.39, 0.29) is 22.2 Å². The summed E-state index contributed by atoms with van der Waals surface area (Å²) >= 11 is 5.80. The predicted molar refractivity (Wildman–Crippen MR) is 85.7 cm³/mol. The van der Waals surface area contributed by atoms with Crippen molar-refractivity contribution in [3.63, 3.8) is 0 Å². The number of anilines is 1. The molecule has 0 atom stereocenters. The third-order valence-electron chi connectivity index (χ3n) is 2.81. The number of pyridine rings is 1. The van der Waals surface area contributed by atoms with Gasteiger partial charge in [-0.05, 0) is 37.3 Å². The zero-order valence-electron chi connectivity index (χ0n) is 12.7. The molecule has 6 nitrogen and oxygen atoms in total. The maximum absolute atomic E-state index is 12.9. The number of hydrogen-bond donors (Lipinski definition) is 1. The van der Waals surface area contributed by atoms with Crippen molar-refractivity contribution >= 4 is 29.2 Å². The van der Waals surface area contributed by atoms with Crippen LogP contribution < -0.4 is 10.1 Å². The van der Waals surface area contributed by atoms with Crippen molar-refractivity contribution in [3.8, 4) is 5.88 Å². The standard InChI is InChI=1S/C16H14ClFN2O4/c1-2-23-15-11(4-3-7-19-15)16(22)24-9-14(21)20-13-6-5-10(18)8-12(13)17/h3-8H,2,9H2,1H3,(H,20,21). The van der Waals surface area contributed by atoms with Gasteiger partial charge in [0.05, 0.1) is 17.3 Å². The molecule has 0 saturated carbocycles. The Morgan fingerprint density at radius 1 is 1.33 bits per heavy atom. The van der Waals surface area contributed by atoms with Crippen LogP contribution in [-0.4, -0.2) is 30.1 Å². The Bertz CT molecular complexity index is 755. The van der Waals surface area contributed by atoms with Gasteiger partial charge in [0.2, 0.25) is 5.88 Å². The highest BCUT2D eigenvalue weighted by Gasteiger charge is 2.16. The highest BCUT2D eigenvalue weighted by molar-refractivity contribution is 6.33. The number of nitrogens with one attached hydrogen (secondary N) is 1. The van der Waals surface area contributed by atoms with Crippen LogP contribution in [0.2, 0.25) is 5.02 Å². The van der Waals surface area contributed by atoms with Gasteiger partial charge in [-0.15, -0.1) is 0 Å². The molecule has 1 heterocycles. The number of carbonyl (C=O) groups excluding carboxylic acids is 2. The minimum Gasteiger partial charge on any atom is -0.477 e. The number of nitrogens with zero attached hydrogens (tertiary/aromatic N) is 1. The van der Waals surface area contributed by atoms with E-state index < -0.39 is 24.3 Å². The number of halogens is 2. The van der Waals surface area contributed by atoms with Gasteiger partial charge in [-0.25, -0.2) is 14.2 Å². The van der Waals surface area contributed by atoms with Crippen LogP contribution in [0, 0.1) is 5.82 Å². The van der Waals surface area contributed by atoms with Crippen LogP contribution in [0.5, 0.6) is 5.88 Å². The number of carbonyl (C=O) groups is 2. The lowest BCUT2D eigenvalue weighted by Crippen LogP contribution is -2.21. The second-order valence-electron chi connectivity index (χ2n) is 4.54. The summed E-state index contributed by atoms with van der Waals surface area (Å²) in [5.41, 5.74) is 0.336. The number of esters is 1. The lowest BCUT2D eigenvalue weighted by molar-refractivity contribution is -0.119. The Morgan fingerprint density at radius 3 is 2.83 bits per heavy atom. The Balaban J connectivity index is 1.95. The number of hydrogen-bond acceptors (Lipinski definition) is 5. The second kappa shape index (κ2) is 8.26. The number of ether oxygens (including phenoxy) is 2. The quantitative estimate of drug-likeness (QED) is 0.808. The van der Waals surface area contributed by atoms with E-state index in [1.54, 1.807) is 13.0 Å². The van der Waals surface area contributed by atoms with Crippen molar-refractivity contribution in [2.75, 3.05) is 18.5 Å². The van der Waals surface area contributed by atoms with Gasteiger partial charge in [-0.2, -0.15) is 0 Å². The molecule has 0 spiro atoms. The van der Waals surface area contributed by atoms with Crippen LogP contribution in [0.25, 0.3) is 0 Å². The molecular formula is C16H14ClFN2O4. The highest BCUT2D eigenvalue weighted by Crippen LogP contribution is 2.22. The van der Waals surface area contributed by atoms with E-state index in [0.717, 1.165) is 12.1 Å². The first kappa shape index (κ1) is 17.7.